The summed E-state index contributed by atoms with van der Waals surface area (Å²) in [6, 6.07) is 15.2. The van der Waals surface area contributed by atoms with Gasteiger partial charge in [-0.25, -0.2) is 4.79 Å². The van der Waals surface area contributed by atoms with Gasteiger partial charge in [-0.2, -0.15) is 0 Å². The lowest BCUT2D eigenvalue weighted by Crippen LogP contribution is -2.50. The van der Waals surface area contributed by atoms with E-state index in [0.717, 1.165) is 5.56 Å². The standard InChI is InChI=1S/C25H28F3N3O3/c1-2-29(18-19-6-4-3-5-7-19)23(33)30-15-12-24(13-16-30)14-17-31(22(24)32)20-8-10-21(11-9-20)34-25(26,27)28/h3-11H,2,12-18H2,1H3. The number of hydrogen-bond donors (Lipinski definition) is 0. The summed E-state index contributed by atoms with van der Waals surface area (Å²) >= 11 is 0. The first-order chi connectivity index (χ1) is 16.2. The lowest BCUT2D eigenvalue weighted by Gasteiger charge is -2.39. The van der Waals surface area contributed by atoms with Crippen molar-refractivity contribution in [1.29, 1.82) is 0 Å². The fraction of sp³-hybridized carbons (Fsp3) is 0.440. The molecule has 34 heavy (non-hydrogen) atoms. The number of rotatable bonds is 5. The number of carbonyl (C=O) groups excluding carboxylic acids is 2. The molecule has 0 unspecified atom stereocenters. The Hall–Kier alpha value is -3.23. The number of amides is 3. The summed E-state index contributed by atoms with van der Waals surface area (Å²) in [5, 5.41) is 0. The van der Waals surface area contributed by atoms with E-state index in [0.29, 0.717) is 57.7 Å². The quantitative estimate of drug-likeness (QED) is 0.609. The molecular weight excluding hydrogens is 447 g/mol. The lowest BCUT2D eigenvalue weighted by molar-refractivity contribution is -0.274. The van der Waals surface area contributed by atoms with Crippen molar-refractivity contribution in [2.75, 3.05) is 31.1 Å². The van der Waals surface area contributed by atoms with E-state index in [9.17, 15) is 22.8 Å². The van der Waals surface area contributed by atoms with Crippen LogP contribution < -0.4 is 9.64 Å². The first kappa shape index (κ1) is 23.9. The van der Waals surface area contributed by atoms with Gasteiger partial charge in [0.05, 0.1) is 5.41 Å². The summed E-state index contributed by atoms with van der Waals surface area (Å²) in [6.07, 6.45) is -2.94. The summed E-state index contributed by atoms with van der Waals surface area (Å²) in [7, 11) is 0. The number of likely N-dealkylation sites (tertiary alicyclic amines) is 1. The van der Waals surface area contributed by atoms with Gasteiger partial charge < -0.3 is 19.4 Å². The Labute approximate surface area is 196 Å². The van der Waals surface area contributed by atoms with Crippen molar-refractivity contribution >= 4 is 17.6 Å². The van der Waals surface area contributed by atoms with Crippen LogP contribution in [0.3, 0.4) is 0 Å². The molecule has 0 atom stereocenters. The predicted octanol–water partition coefficient (Wildman–Crippen LogP) is 5.05. The molecule has 6 nitrogen and oxygen atoms in total. The second-order valence-corrected chi connectivity index (χ2v) is 8.80. The van der Waals surface area contributed by atoms with Crippen LogP contribution in [0.5, 0.6) is 5.75 Å². The molecule has 2 fully saturated rings. The number of benzene rings is 2. The number of urea groups is 1. The zero-order valence-electron chi connectivity index (χ0n) is 19.1. The molecule has 182 valence electrons. The minimum Gasteiger partial charge on any atom is -0.406 e. The van der Waals surface area contributed by atoms with Crippen molar-refractivity contribution in [1.82, 2.24) is 9.80 Å². The monoisotopic (exact) mass is 475 g/mol. The van der Waals surface area contributed by atoms with E-state index in [1.807, 2.05) is 42.2 Å². The molecule has 4 rings (SSSR count). The van der Waals surface area contributed by atoms with Crippen LogP contribution in [-0.4, -0.2) is 54.3 Å². The van der Waals surface area contributed by atoms with Crippen LogP contribution in [0, 0.1) is 5.41 Å². The molecular formula is C25H28F3N3O3. The highest BCUT2D eigenvalue weighted by Gasteiger charge is 2.49. The molecule has 0 aliphatic carbocycles. The highest BCUT2D eigenvalue weighted by molar-refractivity contribution is 6.00. The molecule has 2 aromatic carbocycles. The van der Waals surface area contributed by atoms with E-state index < -0.39 is 11.8 Å². The van der Waals surface area contributed by atoms with E-state index in [1.54, 1.807) is 9.80 Å². The number of hydrogen-bond acceptors (Lipinski definition) is 3. The van der Waals surface area contributed by atoms with Crippen molar-refractivity contribution in [3.8, 4) is 5.75 Å². The third kappa shape index (κ3) is 5.13. The van der Waals surface area contributed by atoms with E-state index >= 15 is 0 Å². The second-order valence-electron chi connectivity index (χ2n) is 8.80. The van der Waals surface area contributed by atoms with Crippen LogP contribution in [0.2, 0.25) is 0 Å². The fourth-order valence-corrected chi connectivity index (χ4v) is 4.80. The molecule has 2 heterocycles. The van der Waals surface area contributed by atoms with E-state index in [-0.39, 0.29) is 17.7 Å². The molecule has 9 heteroatoms. The zero-order chi connectivity index (χ0) is 24.3. The molecule has 1 spiro atoms. The Kier molecular flexibility index (Phi) is 6.72. The number of ether oxygens (including phenoxy) is 1. The molecule has 0 saturated carbocycles. The minimum absolute atomic E-state index is 0.0243. The Morgan fingerprint density at radius 3 is 2.21 bits per heavy atom. The number of carbonyl (C=O) groups is 2. The van der Waals surface area contributed by atoms with Crippen LogP contribution in [0.1, 0.15) is 31.7 Å². The number of halogens is 3. The predicted molar refractivity (Wildman–Crippen MR) is 121 cm³/mol. The van der Waals surface area contributed by atoms with Gasteiger partial charge in [0.15, 0.2) is 0 Å². The molecule has 0 aromatic heterocycles. The number of nitrogens with zero attached hydrogens (tertiary/aromatic N) is 3. The first-order valence-electron chi connectivity index (χ1n) is 11.5. The van der Waals surface area contributed by atoms with Crippen molar-refractivity contribution in [3.05, 3.63) is 60.2 Å². The SMILES string of the molecule is CCN(Cc1ccccc1)C(=O)N1CCC2(CC1)CCN(c1ccc(OC(F)(F)F)cc1)C2=O. The van der Waals surface area contributed by atoms with E-state index in [1.165, 1.54) is 24.3 Å². The second kappa shape index (κ2) is 9.56. The van der Waals surface area contributed by atoms with Gasteiger partial charge in [-0.3, -0.25) is 4.79 Å². The minimum atomic E-state index is -4.76. The maximum Gasteiger partial charge on any atom is 0.573 e. The summed E-state index contributed by atoms with van der Waals surface area (Å²) in [5.41, 5.74) is 1.09. The van der Waals surface area contributed by atoms with Crippen LogP contribution in [-0.2, 0) is 11.3 Å². The topological polar surface area (TPSA) is 53.1 Å². The highest BCUT2D eigenvalue weighted by Crippen LogP contribution is 2.43. The molecule has 0 bridgehead atoms. The summed E-state index contributed by atoms with van der Waals surface area (Å²) in [4.78, 5) is 31.7. The third-order valence-electron chi connectivity index (χ3n) is 6.75. The van der Waals surface area contributed by atoms with Gasteiger partial charge in [0.1, 0.15) is 5.75 Å². The fourth-order valence-electron chi connectivity index (χ4n) is 4.80. The Morgan fingerprint density at radius 1 is 1.00 bits per heavy atom. The Balaban J connectivity index is 1.36. The number of piperidine rings is 1. The molecule has 0 radical (unpaired) electrons. The van der Waals surface area contributed by atoms with Crippen LogP contribution in [0.4, 0.5) is 23.7 Å². The van der Waals surface area contributed by atoms with Gasteiger partial charge in [-0.05, 0) is 56.0 Å². The first-order valence-corrected chi connectivity index (χ1v) is 11.5. The molecule has 2 aromatic rings. The normalized spacial score (nSPS) is 17.8. The highest BCUT2D eigenvalue weighted by atomic mass is 19.4. The lowest BCUT2D eigenvalue weighted by atomic mass is 9.77. The van der Waals surface area contributed by atoms with Crippen molar-refractivity contribution < 1.29 is 27.5 Å². The number of anilines is 1. The molecule has 3 amide bonds. The largest absolute Gasteiger partial charge is 0.573 e. The maximum atomic E-state index is 13.3. The van der Waals surface area contributed by atoms with E-state index in [2.05, 4.69) is 4.74 Å². The van der Waals surface area contributed by atoms with E-state index in [4.69, 9.17) is 0 Å². The average Bonchev–Trinajstić information content (AvgIpc) is 3.13. The zero-order valence-corrected chi connectivity index (χ0v) is 19.1. The van der Waals surface area contributed by atoms with Gasteiger partial charge in [-0.1, -0.05) is 30.3 Å². The Bertz CT molecular complexity index is 1000. The summed E-state index contributed by atoms with van der Waals surface area (Å²) in [6.45, 7) is 4.59. The summed E-state index contributed by atoms with van der Waals surface area (Å²) in [5.74, 6) is -0.346. The van der Waals surface area contributed by atoms with Gasteiger partial charge in [-0.15, -0.1) is 13.2 Å². The van der Waals surface area contributed by atoms with Crippen LogP contribution in [0.25, 0.3) is 0 Å². The van der Waals surface area contributed by atoms with Crippen molar-refractivity contribution in [2.24, 2.45) is 5.41 Å². The molecule has 2 aliphatic heterocycles. The third-order valence-corrected chi connectivity index (χ3v) is 6.75. The molecule has 2 aliphatic rings. The number of alkyl halides is 3. The maximum absolute atomic E-state index is 13.3. The molecule has 0 N–H and O–H groups in total. The summed E-state index contributed by atoms with van der Waals surface area (Å²) < 4.78 is 41.1. The van der Waals surface area contributed by atoms with Gasteiger partial charge >= 0.3 is 12.4 Å². The van der Waals surface area contributed by atoms with Gasteiger partial charge in [0, 0.05) is 38.4 Å². The van der Waals surface area contributed by atoms with Gasteiger partial charge in [0.2, 0.25) is 5.91 Å². The van der Waals surface area contributed by atoms with Gasteiger partial charge in [0.25, 0.3) is 0 Å². The van der Waals surface area contributed by atoms with Crippen molar-refractivity contribution in [3.63, 3.8) is 0 Å². The average molecular weight is 476 g/mol. The van der Waals surface area contributed by atoms with Crippen LogP contribution in [0.15, 0.2) is 54.6 Å². The van der Waals surface area contributed by atoms with Crippen molar-refractivity contribution in [2.45, 2.75) is 39.1 Å². The molecule has 2 saturated heterocycles. The Morgan fingerprint density at radius 2 is 1.62 bits per heavy atom. The smallest absolute Gasteiger partial charge is 0.406 e. The van der Waals surface area contributed by atoms with Crippen LogP contribution >= 0.6 is 0 Å².